The number of hydrogen-bond acceptors (Lipinski definition) is 3. The van der Waals surface area contributed by atoms with Crippen LogP contribution >= 0.6 is 11.8 Å². The third-order valence-corrected chi connectivity index (χ3v) is 6.28. The summed E-state index contributed by atoms with van der Waals surface area (Å²) in [6.07, 6.45) is 4.31. The van der Waals surface area contributed by atoms with Gasteiger partial charge in [0.15, 0.2) is 5.16 Å². The predicted molar refractivity (Wildman–Crippen MR) is 114 cm³/mol. The monoisotopic (exact) mass is 391 g/mol. The van der Waals surface area contributed by atoms with Gasteiger partial charge in [0, 0.05) is 13.1 Å². The lowest BCUT2D eigenvalue weighted by atomic mass is 10.1. The first-order valence-electron chi connectivity index (χ1n) is 9.71. The van der Waals surface area contributed by atoms with Gasteiger partial charge < -0.3 is 9.47 Å². The number of amides is 1. The summed E-state index contributed by atoms with van der Waals surface area (Å²) < 4.78 is 2.31. The van der Waals surface area contributed by atoms with Gasteiger partial charge in [-0.1, -0.05) is 72.4 Å². The van der Waals surface area contributed by atoms with Crippen LogP contribution in [0.3, 0.4) is 0 Å². The van der Waals surface area contributed by atoms with Gasteiger partial charge in [0.2, 0.25) is 5.91 Å². The summed E-state index contributed by atoms with van der Waals surface area (Å²) in [5, 5.41) is 0.940. The molecule has 0 N–H and O–H groups in total. The van der Waals surface area contributed by atoms with Crippen LogP contribution in [0.25, 0.3) is 11.3 Å². The van der Waals surface area contributed by atoms with Crippen molar-refractivity contribution in [2.75, 3.05) is 12.8 Å². The zero-order valence-electron chi connectivity index (χ0n) is 16.3. The molecule has 0 bridgehead atoms. The van der Waals surface area contributed by atoms with E-state index in [0.29, 0.717) is 11.8 Å². The molecule has 1 atom stereocenters. The van der Waals surface area contributed by atoms with Crippen LogP contribution < -0.4 is 0 Å². The van der Waals surface area contributed by atoms with E-state index < -0.39 is 0 Å². The van der Waals surface area contributed by atoms with E-state index >= 15 is 0 Å². The van der Waals surface area contributed by atoms with Crippen molar-refractivity contribution in [3.63, 3.8) is 0 Å². The number of benzene rings is 2. The number of hydrogen-bond donors (Lipinski definition) is 0. The maximum absolute atomic E-state index is 12.8. The molecule has 1 saturated carbocycles. The van der Waals surface area contributed by atoms with Crippen LogP contribution in [0.1, 0.15) is 37.4 Å². The largest absolute Gasteiger partial charge is 0.338 e. The van der Waals surface area contributed by atoms with Gasteiger partial charge >= 0.3 is 0 Å². The minimum atomic E-state index is 0.0531. The van der Waals surface area contributed by atoms with Crippen molar-refractivity contribution in [1.29, 1.82) is 0 Å². The Hall–Kier alpha value is -2.53. The highest BCUT2D eigenvalue weighted by atomic mass is 32.2. The molecule has 2 aromatic carbocycles. The van der Waals surface area contributed by atoms with E-state index in [4.69, 9.17) is 0 Å². The van der Waals surface area contributed by atoms with Crippen molar-refractivity contribution < 1.29 is 4.79 Å². The standard InChI is InChI=1S/C23H25N3OS/c1-17(18-9-5-3-6-10-18)25(2)22(27)16-28-23-24-15-21(26(23)20-13-14-20)19-11-7-4-8-12-19/h3-12,15,17,20H,13-14,16H2,1-2H3. The molecule has 1 heterocycles. The maximum Gasteiger partial charge on any atom is 0.233 e. The van der Waals surface area contributed by atoms with E-state index in [1.54, 1.807) is 11.8 Å². The molecule has 3 aromatic rings. The fourth-order valence-electron chi connectivity index (χ4n) is 3.36. The quantitative estimate of drug-likeness (QED) is 0.520. The molecular weight excluding hydrogens is 366 g/mol. The summed E-state index contributed by atoms with van der Waals surface area (Å²) in [4.78, 5) is 19.2. The number of carbonyl (C=O) groups is 1. The van der Waals surface area contributed by atoms with Crippen LogP contribution in [-0.4, -0.2) is 33.2 Å². The van der Waals surface area contributed by atoms with Crippen molar-refractivity contribution in [3.05, 3.63) is 72.4 Å². The molecule has 0 spiro atoms. The smallest absolute Gasteiger partial charge is 0.233 e. The van der Waals surface area contributed by atoms with Gasteiger partial charge in [-0.15, -0.1) is 0 Å². The highest BCUT2D eigenvalue weighted by Crippen LogP contribution is 2.41. The highest BCUT2D eigenvalue weighted by Gasteiger charge is 2.29. The molecule has 28 heavy (non-hydrogen) atoms. The topological polar surface area (TPSA) is 38.1 Å². The number of aromatic nitrogens is 2. The molecule has 0 saturated heterocycles. The molecule has 144 valence electrons. The van der Waals surface area contributed by atoms with Crippen LogP contribution in [0.4, 0.5) is 0 Å². The zero-order valence-corrected chi connectivity index (χ0v) is 17.1. The van der Waals surface area contributed by atoms with Crippen LogP contribution in [0.5, 0.6) is 0 Å². The van der Waals surface area contributed by atoms with E-state index in [9.17, 15) is 4.79 Å². The first-order chi connectivity index (χ1) is 13.6. The van der Waals surface area contributed by atoms with Crippen LogP contribution in [0.15, 0.2) is 72.0 Å². The zero-order chi connectivity index (χ0) is 19.5. The summed E-state index contributed by atoms with van der Waals surface area (Å²) in [5.41, 5.74) is 3.47. The van der Waals surface area contributed by atoms with Crippen molar-refractivity contribution >= 4 is 17.7 Å². The van der Waals surface area contributed by atoms with Gasteiger partial charge in [0.1, 0.15) is 0 Å². The first kappa shape index (κ1) is 18.8. The molecule has 4 rings (SSSR count). The average Bonchev–Trinajstić information content (AvgIpc) is 3.51. The summed E-state index contributed by atoms with van der Waals surface area (Å²) >= 11 is 1.54. The Morgan fingerprint density at radius 2 is 1.79 bits per heavy atom. The predicted octanol–water partition coefficient (Wildman–Crippen LogP) is 5.20. The number of rotatable bonds is 7. The van der Waals surface area contributed by atoms with Gasteiger partial charge in [0.05, 0.1) is 23.7 Å². The van der Waals surface area contributed by atoms with Crippen molar-refractivity contribution in [2.45, 2.75) is 37.0 Å². The molecule has 4 nitrogen and oxygen atoms in total. The minimum absolute atomic E-state index is 0.0531. The summed E-state index contributed by atoms with van der Waals surface area (Å²) in [7, 11) is 1.88. The maximum atomic E-state index is 12.8. The summed E-state index contributed by atoms with van der Waals surface area (Å²) in [6.45, 7) is 2.07. The summed E-state index contributed by atoms with van der Waals surface area (Å²) in [6, 6.07) is 21.1. The molecule has 1 amide bonds. The number of imidazole rings is 1. The molecular formula is C23H25N3OS. The third kappa shape index (κ3) is 3.99. The lowest BCUT2D eigenvalue weighted by Gasteiger charge is -2.25. The Morgan fingerprint density at radius 1 is 1.14 bits per heavy atom. The normalized spacial score (nSPS) is 14.6. The molecule has 1 aliphatic carbocycles. The fraction of sp³-hybridized carbons (Fsp3) is 0.304. The van der Waals surface area contributed by atoms with E-state index in [1.807, 2.05) is 42.4 Å². The molecule has 1 aromatic heterocycles. The van der Waals surface area contributed by atoms with Crippen molar-refractivity contribution in [1.82, 2.24) is 14.5 Å². The Kier molecular flexibility index (Phi) is 5.53. The van der Waals surface area contributed by atoms with Gasteiger partial charge in [0.25, 0.3) is 0 Å². The Bertz CT molecular complexity index is 935. The van der Waals surface area contributed by atoms with Crippen LogP contribution in [0, 0.1) is 0 Å². The molecule has 5 heteroatoms. The second-order valence-electron chi connectivity index (χ2n) is 7.27. The van der Waals surface area contributed by atoms with Gasteiger partial charge in [-0.05, 0) is 30.9 Å². The molecule has 1 aliphatic rings. The number of carbonyl (C=O) groups excluding carboxylic acids is 1. The number of thioether (sulfide) groups is 1. The van der Waals surface area contributed by atoms with E-state index in [2.05, 4.69) is 52.9 Å². The second kappa shape index (κ2) is 8.23. The fourth-order valence-corrected chi connectivity index (χ4v) is 4.33. The summed E-state index contributed by atoms with van der Waals surface area (Å²) in [5.74, 6) is 0.513. The molecule has 1 unspecified atom stereocenters. The van der Waals surface area contributed by atoms with Gasteiger partial charge in [-0.25, -0.2) is 4.98 Å². The lowest BCUT2D eigenvalue weighted by Crippen LogP contribution is -2.31. The third-order valence-electron chi connectivity index (χ3n) is 5.33. The van der Waals surface area contributed by atoms with Crippen molar-refractivity contribution in [3.8, 4) is 11.3 Å². The molecule has 0 radical (unpaired) electrons. The SMILES string of the molecule is CC(c1ccccc1)N(C)C(=O)CSc1ncc(-c2ccccc2)n1C1CC1. The highest BCUT2D eigenvalue weighted by molar-refractivity contribution is 7.99. The Balaban J connectivity index is 1.46. The van der Waals surface area contributed by atoms with E-state index in [1.165, 1.54) is 18.4 Å². The lowest BCUT2D eigenvalue weighted by molar-refractivity contribution is -0.128. The number of nitrogens with zero attached hydrogens (tertiary/aromatic N) is 3. The van der Waals surface area contributed by atoms with Gasteiger partial charge in [-0.3, -0.25) is 4.79 Å². The average molecular weight is 392 g/mol. The van der Waals surface area contributed by atoms with Crippen LogP contribution in [0.2, 0.25) is 0 Å². The van der Waals surface area contributed by atoms with Crippen molar-refractivity contribution in [2.24, 2.45) is 0 Å². The van der Waals surface area contributed by atoms with E-state index in [0.717, 1.165) is 16.4 Å². The Labute approximate surface area is 170 Å². The minimum Gasteiger partial charge on any atom is -0.338 e. The molecule has 0 aliphatic heterocycles. The van der Waals surface area contributed by atoms with Gasteiger partial charge in [-0.2, -0.15) is 0 Å². The Morgan fingerprint density at radius 3 is 2.43 bits per heavy atom. The second-order valence-corrected chi connectivity index (χ2v) is 8.22. The van der Waals surface area contributed by atoms with Crippen LogP contribution in [-0.2, 0) is 4.79 Å². The first-order valence-corrected chi connectivity index (χ1v) is 10.7. The molecule has 1 fully saturated rings. The van der Waals surface area contributed by atoms with E-state index in [-0.39, 0.29) is 11.9 Å².